The molecule has 0 bridgehead atoms. The maximum atomic E-state index is 10.9. The van der Waals surface area contributed by atoms with Crippen molar-refractivity contribution in [3.63, 3.8) is 0 Å². The van der Waals surface area contributed by atoms with E-state index in [1.54, 1.807) is 0 Å². The SMILES string of the molecule is CC(=O)n1cnc(N[C@@H](C)C(=O)O)c1. The fourth-order valence-electron chi connectivity index (χ4n) is 0.853. The minimum absolute atomic E-state index is 0.173. The molecule has 2 N–H and O–H groups in total. The van der Waals surface area contributed by atoms with Crippen molar-refractivity contribution in [2.24, 2.45) is 0 Å². The lowest BCUT2D eigenvalue weighted by atomic mass is 10.3. The van der Waals surface area contributed by atoms with E-state index in [4.69, 9.17) is 5.11 Å². The molecular weight excluding hydrogens is 186 g/mol. The minimum atomic E-state index is -0.970. The van der Waals surface area contributed by atoms with Crippen LogP contribution in [0.3, 0.4) is 0 Å². The second-order valence-corrected chi connectivity index (χ2v) is 2.89. The summed E-state index contributed by atoms with van der Waals surface area (Å²) in [6.07, 6.45) is 2.78. The Labute approximate surface area is 80.6 Å². The van der Waals surface area contributed by atoms with Crippen LogP contribution in [0.25, 0.3) is 0 Å². The van der Waals surface area contributed by atoms with Crippen molar-refractivity contribution in [3.8, 4) is 0 Å². The van der Waals surface area contributed by atoms with Crippen molar-refractivity contribution in [2.45, 2.75) is 19.9 Å². The molecular formula is C8H11N3O3. The van der Waals surface area contributed by atoms with Crippen molar-refractivity contribution >= 4 is 17.7 Å². The highest BCUT2D eigenvalue weighted by Gasteiger charge is 2.11. The standard InChI is InChI=1S/C8H11N3O3/c1-5(8(13)14)10-7-3-11(4-9-7)6(2)12/h3-5,10H,1-2H3,(H,13,14)/t5-/m0/s1. The quantitative estimate of drug-likeness (QED) is 0.733. The molecule has 76 valence electrons. The lowest BCUT2D eigenvalue weighted by Crippen LogP contribution is -2.25. The number of aliphatic carboxylic acids is 1. The molecule has 0 amide bonds. The Kier molecular flexibility index (Phi) is 2.85. The van der Waals surface area contributed by atoms with Gasteiger partial charge in [-0.25, -0.2) is 4.98 Å². The highest BCUT2D eigenvalue weighted by molar-refractivity contribution is 5.78. The largest absolute Gasteiger partial charge is 0.480 e. The zero-order valence-electron chi connectivity index (χ0n) is 7.89. The van der Waals surface area contributed by atoms with Crippen LogP contribution >= 0.6 is 0 Å². The van der Waals surface area contributed by atoms with Crippen LogP contribution in [0.2, 0.25) is 0 Å². The first-order valence-corrected chi connectivity index (χ1v) is 4.05. The minimum Gasteiger partial charge on any atom is -0.480 e. The third-order valence-electron chi connectivity index (χ3n) is 1.68. The summed E-state index contributed by atoms with van der Waals surface area (Å²) in [6.45, 7) is 2.89. The van der Waals surface area contributed by atoms with Gasteiger partial charge in [0.15, 0.2) is 0 Å². The van der Waals surface area contributed by atoms with E-state index in [0.29, 0.717) is 5.82 Å². The number of aromatic nitrogens is 2. The second-order valence-electron chi connectivity index (χ2n) is 2.89. The van der Waals surface area contributed by atoms with Crippen LogP contribution in [0.1, 0.15) is 18.6 Å². The Balaban J connectivity index is 2.69. The summed E-state index contributed by atoms with van der Waals surface area (Å²) < 4.78 is 1.27. The predicted octanol–water partition coefficient (Wildman–Crippen LogP) is 0.428. The average Bonchev–Trinajstić information content (AvgIpc) is 2.52. The molecule has 1 atom stereocenters. The van der Waals surface area contributed by atoms with Gasteiger partial charge < -0.3 is 10.4 Å². The van der Waals surface area contributed by atoms with Crippen molar-refractivity contribution in [3.05, 3.63) is 12.5 Å². The van der Waals surface area contributed by atoms with Crippen LogP contribution in [0, 0.1) is 0 Å². The van der Waals surface area contributed by atoms with Crippen molar-refractivity contribution in [1.82, 2.24) is 9.55 Å². The fourth-order valence-corrected chi connectivity index (χ4v) is 0.853. The van der Waals surface area contributed by atoms with E-state index in [-0.39, 0.29) is 5.91 Å². The molecule has 1 heterocycles. The van der Waals surface area contributed by atoms with Gasteiger partial charge in [0.25, 0.3) is 0 Å². The van der Waals surface area contributed by atoms with E-state index in [9.17, 15) is 9.59 Å². The van der Waals surface area contributed by atoms with Crippen LogP contribution in [0.5, 0.6) is 0 Å². The van der Waals surface area contributed by atoms with E-state index in [2.05, 4.69) is 10.3 Å². The van der Waals surface area contributed by atoms with Gasteiger partial charge in [-0.15, -0.1) is 0 Å². The Hall–Kier alpha value is -1.85. The highest BCUT2D eigenvalue weighted by Crippen LogP contribution is 2.04. The Morgan fingerprint density at radius 2 is 2.29 bits per heavy atom. The van der Waals surface area contributed by atoms with E-state index in [1.165, 1.54) is 30.9 Å². The molecule has 0 spiro atoms. The van der Waals surface area contributed by atoms with Crippen LogP contribution in [-0.4, -0.2) is 32.6 Å². The van der Waals surface area contributed by atoms with Gasteiger partial charge in [-0.05, 0) is 6.92 Å². The van der Waals surface area contributed by atoms with Gasteiger partial charge in [0.1, 0.15) is 18.2 Å². The summed E-state index contributed by atoms with van der Waals surface area (Å²) in [5.41, 5.74) is 0. The number of nitrogens with one attached hydrogen (secondary N) is 1. The average molecular weight is 197 g/mol. The Morgan fingerprint density at radius 1 is 1.64 bits per heavy atom. The fraction of sp³-hybridized carbons (Fsp3) is 0.375. The van der Waals surface area contributed by atoms with Gasteiger partial charge in [-0.1, -0.05) is 0 Å². The zero-order chi connectivity index (χ0) is 10.7. The third kappa shape index (κ3) is 2.32. The number of anilines is 1. The number of rotatable bonds is 3. The van der Waals surface area contributed by atoms with Crippen LogP contribution in [0.15, 0.2) is 12.5 Å². The molecule has 0 radical (unpaired) electrons. The number of hydrogen-bond donors (Lipinski definition) is 2. The normalized spacial score (nSPS) is 12.1. The molecule has 1 aromatic rings. The Bertz CT molecular complexity index is 358. The maximum absolute atomic E-state index is 10.9. The molecule has 0 saturated carbocycles. The first-order chi connectivity index (χ1) is 6.50. The van der Waals surface area contributed by atoms with E-state index < -0.39 is 12.0 Å². The van der Waals surface area contributed by atoms with Crippen molar-refractivity contribution in [1.29, 1.82) is 0 Å². The topological polar surface area (TPSA) is 84.2 Å². The molecule has 0 saturated heterocycles. The van der Waals surface area contributed by atoms with Crippen molar-refractivity contribution < 1.29 is 14.7 Å². The number of nitrogens with zero attached hydrogens (tertiary/aromatic N) is 2. The smallest absolute Gasteiger partial charge is 0.325 e. The van der Waals surface area contributed by atoms with Gasteiger partial charge in [0, 0.05) is 6.92 Å². The molecule has 6 nitrogen and oxygen atoms in total. The third-order valence-corrected chi connectivity index (χ3v) is 1.68. The first kappa shape index (κ1) is 10.2. The number of hydrogen-bond acceptors (Lipinski definition) is 4. The zero-order valence-corrected chi connectivity index (χ0v) is 7.89. The van der Waals surface area contributed by atoms with Gasteiger partial charge >= 0.3 is 5.97 Å². The highest BCUT2D eigenvalue weighted by atomic mass is 16.4. The van der Waals surface area contributed by atoms with E-state index >= 15 is 0 Å². The van der Waals surface area contributed by atoms with Crippen LogP contribution < -0.4 is 5.32 Å². The molecule has 0 unspecified atom stereocenters. The summed E-state index contributed by atoms with van der Waals surface area (Å²) in [4.78, 5) is 25.2. The number of carboxylic acids is 1. The molecule has 0 aliphatic heterocycles. The summed E-state index contributed by atoms with van der Waals surface area (Å²) in [5.74, 6) is -0.772. The summed E-state index contributed by atoms with van der Waals surface area (Å²) >= 11 is 0. The molecule has 0 fully saturated rings. The van der Waals surface area contributed by atoms with Crippen LogP contribution in [-0.2, 0) is 4.79 Å². The lowest BCUT2D eigenvalue weighted by Gasteiger charge is -2.06. The summed E-state index contributed by atoms with van der Waals surface area (Å²) in [7, 11) is 0. The van der Waals surface area contributed by atoms with Crippen molar-refractivity contribution in [2.75, 3.05) is 5.32 Å². The lowest BCUT2D eigenvalue weighted by molar-refractivity contribution is -0.137. The van der Waals surface area contributed by atoms with Gasteiger partial charge in [-0.2, -0.15) is 0 Å². The number of carboxylic acid groups (broad SMARTS) is 1. The summed E-state index contributed by atoms with van der Waals surface area (Å²) in [5, 5.41) is 11.2. The molecule has 1 rings (SSSR count). The van der Waals surface area contributed by atoms with Gasteiger partial charge in [-0.3, -0.25) is 14.2 Å². The molecule has 0 aromatic carbocycles. The monoisotopic (exact) mass is 197 g/mol. The number of imidazole rings is 1. The van der Waals surface area contributed by atoms with Gasteiger partial charge in [0.05, 0.1) is 6.20 Å². The van der Waals surface area contributed by atoms with Crippen LogP contribution in [0.4, 0.5) is 5.82 Å². The summed E-state index contributed by atoms with van der Waals surface area (Å²) in [6, 6.07) is -0.731. The molecule has 6 heteroatoms. The predicted molar refractivity (Wildman–Crippen MR) is 49.2 cm³/mol. The molecule has 1 aromatic heterocycles. The second kappa shape index (κ2) is 3.91. The molecule has 0 aliphatic rings. The van der Waals surface area contributed by atoms with E-state index in [1.807, 2.05) is 0 Å². The Morgan fingerprint density at radius 3 is 2.71 bits per heavy atom. The maximum Gasteiger partial charge on any atom is 0.325 e. The van der Waals surface area contributed by atoms with E-state index in [0.717, 1.165) is 0 Å². The molecule has 0 aliphatic carbocycles. The van der Waals surface area contributed by atoms with Gasteiger partial charge in [0.2, 0.25) is 5.91 Å². The molecule has 14 heavy (non-hydrogen) atoms. The number of carbonyl (C=O) groups is 2. The first-order valence-electron chi connectivity index (χ1n) is 4.05. The number of carbonyl (C=O) groups excluding carboxylic acids is 1.